The summed E-state index contributed by atoms with van der Waals surface area (Å²) in [4.78, 5) is 13.6. The predicted molar refractivity (Wildman–Crippen MR) is 95.2 cm³/mol. The molecule has 0 unspecified atom stereocenters. The van der Waals surface area contributed by atoms with Gasteiger partial charge in [-0.3, -0.25) is 9.38 Å². The molecule has 0 bridgehead atoms. The van der Waals surface area contributed by atoms with Crippen LogP contribution in [-0.4, -0.2) is 38.5 Å². The maximum Gasteiger partial charge on any atom is 0.145 e. The first-order valence-electron chi connectivity index (χ1n) is 8.47. The van der Waals surface area contributed by atoms with Crippen molar-refractivity contribution in [3.63, 3.8) is 0 Å². The highest BCUT2D eigenvalue weighted by Crippen LogP contribution is 2.23. The molecule has 0 aliphatic carbocycles. The maximum absolute atomic E-state index is 4.74. The van der Waals surface area contributed by atoms with E-state index in [1.165, 1.54) is 5.56 Å². The third kappa shape index (κ3) is 2.85. The van der Waals surface area contributed by atoms with E-state index in [9.17, 15) is 0 Å². The van der Waals surface area contributed by atoms with Crippen LogP contribution in [0, 0.1) is 0 Å². The van der Waals surface area contributed by atoms with Gasteiger partial charge in [-0.25, -0.2) is 9.97 Å². The van der Waals surface area contributed by atoms with Crippen LogP contribution in [0.5, 0.6) is 0 Å². The lowest BCUT2D eigenvalue weighted by Gasteiger charge is -2.12. The van der Waals surface area contributed by atoms with Crippen LogP contribution < -0.4 is 10.6 Å². The lowest BCUT2D eigenvalue weighted by Crippen LogP contribution is -2.22. The highest BCUT2D eigenvalue weighted by atomic mass is 15.1. The van der Waals surface area contributed by atoms with Crippen LogP contribution in [0.4, 0.5) is 5.82 Å². The second-order valence-corrected chi connectivity index (χ2v) is 6.61. The molecule has 3 aromatic heterocycles. The number of hydrogen-bond donors (Lipinski definition) is 2. The zero-order chi connectivity index (χ0) is 16.5. The Morgan fingerprint density at radius 1 is 1.25 bits per heavy atom. The second-order valence-electron chi connectivity index (χ2n) is 6.61. The summed E-state index contributed by atoms with van der Waals surface area (Å²) in [5.41, 5.74) is 4.00. The van der Waals surface area contributed by atoms with Crippen molar-refractivity contribution in [2.45, 2.75) is 32.2 Å². The third-order valence-corrected chi connectivity index (χ3v) is 4.50. The van der Waals surface area contributed by atoms with Crippen molar-refractivity contribution in [1.29, 1.82) is 0 Å². The first-order chi connectivity index (χ1) is 11.7. The van der Waals surface area contributed by atoms with Gasteiger partial charge in [-0.15, -0.1) is 0 Å². The lowest BCUT2D eigenvalue weighted by atomic mass is 10.1. The molecular formula is C18H22N6. The van der Waals surface area contributed by atoms with Crippen molar-refractivity contribution in [2.24, 2.45) is 0 Å². The Hall–Kier alpha value is -2.47. The average molecular weight is 322 g/mol. The zero-order valence-corrected chi connectivity index (χ0v) is 14.0. The van der Waals surface area contributed by atoms with Crippen molar-refractivity contribution >= 4 is 11.5 Å². The van der Waals surface area contributed by atoms with Crippen LogP contribution in [0.2, 0.25) is 0 Å². The fraction of sp³-hybridized carbons (Fsp3) is 0.389. The third-order valence-electron chi connectivity index (χ3n) is 4.50. The number of imidazole rings is 1. The number of aromatic nitrogens is 4. The number of anilines is 1. The maximum atomic E-state index is 4.74. The fourth-order valence-corrected chi connectivity index (χ4v) is 3.07. The smallest absolute Gasteiger partial charge is 0.145 e. The van der Waals surface area contributed by atoms with E-state index in [0.29, 0.717) is 12.0 Å². The number of nitrogens with zero attached hydrogens (tertiary/aromatic N) is 4. The summed E-state index contributed by atoms with van der Waals surface area (Å²) in [6, 6.07) is 4.61. The van der Waals surface area contributed by atoms with E-state index in [4.69, 9.17) is 4.98 Å². The Balaban J connectivity index is 1.70. The summed E-state index contributed by atoms with van der Waals surface area (Å²) < 4.78 is 2.10. The van der Waals surface area contributed by atoms with Gasteiger partial charge in [0, 0.05) is 18.8 Å². The van der Waals surface area contributed by atoms with E-state index in [1.54, 1.807) is 12.4 Å². The molecule has 3 aromatic rings. The molecule has 0 spiro atoms. The van der Waals surface area contributed by atoms with Gasteiger partial charge in [0.1, 0.15) is 17.2 Å². The molecule has 0 saturated carbocycles. The molecule has 2 N–H and O–H groups in total. The standard InChI is InChI=1S/C18H22N6/c1-12(2)13-3-4-18-21-9-16(24(18)11-13)15-8-20-10-17(23-15)22-14-5-6-19-7-14/h3-4,8-12,14,19H,5-7H2,1-2H3,(H,22,23)/t14-/m1/s1. The van der Waals surface area contributed by atoms with Crippen LogP contribution >= 0.6 is 0 Å². The molecule has 0 aromatic carbocycles. The van der Waals surface area contributed by atoms with Crippen LogP contribution in [0.1, 0.15) is 31.7 Å². The zero-order valence-electron chi connectivity index (χ0n) is 14.0. The Bertz CT molecular complexity index is 848. The Labute approximate surface area is 141 Å². The minimum absolute atomic E-state index is 0.421. The Morgan fingerprint density at radius 2 is 2.17 bits per heavy atom. The topological polar surface area (TPSA) is 67.1 Å². The normalized spacial score (nSPS) is 17.7. The fourth-order valence-electron chi connectivity index (χ4n) is 3.07. The first-order valence-corrected chi connectivity index (χ1v) is 8.47. The van der Waals surface area contributed by atoms with Crippen LogP contribution in [0.15, 0.2) is 36.9 Å². The molecular weight excluding hydrogens is 300 g/mol. The molecule has 1 aliphatic rings. The van der Waals surface area contributed by atoms with E-state index >= 15 is 0 Å². The molecule has 1 aliphatic heterocycles. The quantitative estimate of drug-likeness (QED) is 0.773. The van der Waals surface area contributed by atoms with Gasteiger partial charge < -0.3 is 10.6 Å². The summed E-state index contributed by atoms with van der Waals surface area (Å²) in [5.74, 6) is 1.29. The molecule has 24 heavy (non-hydrogen) atoms. The van der Waals surface area contributed by atoms with Crippen LogP contribution in [0.25, 0.3) is 17.0 Å². The highest BCUT2D eigenvalue weighted by Gasteiger charge is 2.15. The Morgan fingerprint density at radius 3 is 2.96 bits per heavy atom. The van der Waals surface area contributed by atoms with Crippen molar-refractivity contribution in [1.82, 2.24) is 24.7 Å². The Kier molecular flexibility index (Phi) is 3.90. The molecule has 0 radical (unpaired) electrons. The van der Waals surface area contributed by atoms with E-state index < -0.39 is 0 Å². The van der Waals surface area contributed by atoms with E-state index in [-0.39, 0.29) is 0 Å². The predicted octanol–water partition coefficient (Wildman–Crippen LogP) is 2.69. The average Bonchev–Trinajstić information content (AvgIpc) is 3.23. The number of hydrogen-bond acceptors (Lipinski definition) is 5. The van der Waals surface area contributed by atoms with Gasteiger partial charge in [-0.1, -0.05) is 19.9 Å². The number of nitrogens with one attached hydrogen (secondary N) is 2. The molecule has 1 atom stereocenters. The molecule has 1 saturated heterocycles. The molecule has 124 valence electrons. The van der Waals surface area contributed by atoms with Crippen molar-refractivity contribution < 1.29 is 0 Å². The molecule has 6 heteroatoms. The van der Waals surface area contributed by atoms with Gasteiger partial charge in [0.25, 0.3) is 0 Å². The largest absolute Gasteiger partial charge is 0.365 e. The van der Waals surface area contributed by atoms with Crippen LogP contribution in [0.3, 0.4) is 0 Å². The molecule has 1 fully saturated rings. The minimum Gasteiger partial charge on any atom is -0.365 e. The SMILES string of the molecule is CC(C)c1ccc2ncc(-c3cncc(N[C@@H]4CCNC4)n3)n2c1. The summed E-state index contributed by atoms with van der Waals surface area (Å²) in [7, 11) is 0. The lowest BCUT2D eigenvalue weighted by molar-refractivity contribution is 0.786. The van der Waals surface area contributed by atoms with Crippen molar-refractivity contribution in [3.05, 3.63) is 42.5 Å². The summed E-state index contributed by atoms with van der Waals surface area (Å²) in [6.45, 7) is 6.41. The highest BCUT2D eigenvalue weighted by molar-refractivity contribution is 5.61. The van der Waals surface area contributed by atoms with Gasteiger partial charge in [0.05, 0.1) is 24.3 Å². The monoisotopic (exact) mass is 322 g/mol. The van der Waals surface area contributed by atoms with Crippen LogP contribution in [-0.2, 0) is 0 Å². The molecule has 0 amide bonds. The number of pyridine rings is 1. The first kappa shape index (κ1) is 15.1. The van der Waals surface area contributed by atoms with Crippen molar-refractivity contribution in [2.75, 3.05) is 18.4 Å². The molecule has 4 heterocycles. The van der Waals surface area contributed by atoms with Gasteiger partial charge in [0.2, 0.25) is 0 Å². The number of rotatable bonds is 4. The summed E-state index contributed by atoms with van der Waals surface area (Å²) in [5, 5.41) is 6.81. The van der Waals surface area contributed by atoms with E-state index in [1.807, 2.05) is 6.20 Å². The van der Waals surface area contributed by atoms with Gasteiger partial charge in [-0.2, -0.15) is 0 Å². The molecule has 4 rings (SSSR count). The second kappa shape index (κ2) is 6.20. The van der Waals surface area contributed by atoms with E-state index in [0.717, 1.165) is 42.4 Å². The summed E-state index contributed by atoms with van der Waals surface area (Å²) >= 11 is 0. The van der Waals surface area contributed by atoms with Gasteiger partial charge >= 0.3 is 0 Å². The van der Waals surface area contributed by atoms with Crippen molar-refractivity contribution in [3.8, 4) is 11.4 Å². The molecule has 6 nitrogen and oxygen atoms in total. The van der Waals surface area contributed by atoms with Gasteiger partial charge in [-0.05, 0) is 30.5 Å². The summed E-state index contributed by atoms with van der Waals surface area (Å²) in [6.07, 6.45) is 8.70. The van der Waals surface area contributed by atoms with Gasteiger partial charge in [0.15, 0.2) is 0 Å². The van der Waals surface area contributed by atoms with E-state index in [2.05, 4.69) is 57.2 Å². The number of fused-ring (bicyclic) bond motifs is 1. The minimum atomic E-state index is 0.421.